The summed E-state index contributed by atoms with van der Waals surface area (Å²) in [5, 5.41) is 18.2. The van der Waals surface area contributed by atoms with Gasteiger partial charge in [-0.2, -0.15) is 11.8 Å². The molecule has 0 atom stereocenters. The number of nitrogens with zero attached hydrogens (tertiary/aromatic N) is 3. The summed E-state index contributed by atoms with van der Waals surface area (Å²) in [7, 11) is 0. The Bertz CT molecular complexity index is 488. The summed E-state index contributed by atoms with van der Waals surface area (Å²) in [6, 6.07) is 0. The van der Waals surface area contributed by atoms with Crippen molar-refractivity contribution >= 4 is 29.5 Å². The van der Waals surface area contributed by atoms with Crippen molar-refractivity contribution in [2.45, 2.75) is 61.9 Å². The molecule has 1 N–H and O–H groups in total. The number of hydrogen-bond acceptors (Lipinski definition) is 5. The third-order valence-corrected chi connectivity index (χ3v) is 6.70. The van der Waals surface area contributed by atoms with E-state index in [-0.39, 0.29) is 10.5 Å². The number of carboxylic acid groups (broad SMARTS) is 1. The molecule has 0 unspecified atom stereocenters. The molecule has 1 saturated carbocycles. The smallest absolute Gasteiger partial charge is 0.313 e. The Labute approximate surface area is 134 Å². The second-order valence-corrected chi connectivity index (χ2v) is 7.69. The first-order valence-electron chi connectivity index (χ1n) is 7.38. The molecule has 0 saturated heterocycles. The monoisotopic (exact) mass is 329 g/mol. The van der Waals surface area contributed by atoms with Crippen LogP contribution in [0.3, 0.4) is 0 Å². The van der Waals surface area contributed by atoms with Crippen LogP contribution >= 0.6 is 23.5 Å². The zero-order valence-corrected chi connectivity index (χ0v) is 14.5. The minimum absolute atomic E-state index is 0.0350. The molecule has 7 heteroatoms. The molecule has 1 aliphatic rings. The SMILES string of the molecule is CCC(CC)(Cn1c(SCC(=O)O)nnc1C1CC1)SC. The van der Waals surface area contributed by atoms with Crippen LogP contribution in [0.1, 0.15) is 51.3 Å². The van der Waals surface area contributed by atoms with Crippen LogP contribution in [0.4, 0.5) is 0 Å². The molecule has 0 bridgehead atoms. The first-order valence-corrected chi connectivity index (χ1v) is 9.59. The number of rotatable bonds is 9. The van der Waals surface area contributed by atoms with Gasteiger partial charge in [-0.05, 0) is 31.9 Å². The third kappa shape index (κ3) is 3.94. The molecule has 2 rings (SSSR count). The Morgan fingerprint density at radius 2 is 2.05 bits per heavy atom. The van der Waals surface area contributed by atoms with E-state index in [0.29, 0.717) is 5.92 Å². The van der Waals surface area contributed by atoms with Crippen molar-refractivity contribution in [3.63, 3.8) is 0 Å². The molecule has 118 valence electrons. The van der Waals surface area contributed by atoms with Crippen molar-refractivity contribution in [2.75, 3.05) is 12.0 Å². The van der Waals surface area contributed by atoms with Crippen LogP contribution in [0.5, 0.6) is 0 Å². The number of carbonyl (C=O) groups is 1. The number of aromatic nitrogens is 3. The summed E-state index contributed by atoms with van der Waals surface area (Å²) >= 11 is 3.16. The lowest BCUT2D eigenvalue weighted by Crippen LogP contribution is -2.30. The Morgan fingerprint density at radius 3 is 2.52 bits per heavy atom. The van der Waals surface area contributed by atoms with E-state index in [4.69, 9.17) is 5.11 Å². The highest BCUT2D eigenvalue weighted by molar-refractivity contribution is 8.00. The van der Waals surface area contributed by atoms with Gasteiger partial charge >= 0.3 is 5.97 Å². The summed E-state index contributed by atoms with van der Waals surface area (Å²) in [5.41, 5.74) is 0. The maximum absolute atomic E-state index is 10.8. The van der Waals surface area contributed by atoms with E-state index in [0.717, 1.165) is 30.4 Å². The van der Waals surface area contributed by atoms with Crippen LogP contribution in [0.15, 0.2) is 5.16 Å². The number of thioether (sulfide) groups is 2. The predicted molar refractivity (Wildman–Crippen MR) is 87.2 cm³/mol. The average molecular weight is 329 g/mol. The third-order valence-electron chi connectivity index (χ3n) is 4.18. The van der Waals surface area contributed by atoms with Gasteiger partial charge in [-0.3, -0.25) is 4.79 Å². The van der Waals surface area contributed by atoms with Gasteiger partial charge in [0.1, 0.15) is 5.82 Å². The van der Waals surface area contributed by atoms with Crippen LogP contribution in [-0.2, 0) is 11.3 Å². The highest BCUT2D eigenvalue weighted by Gasteiger charge is 2.34. The zero-order chi connectivity index (χ0) is 15.5. The summed E-state index contributed by atoms with van der Waals surface area (Å²) in [5.74, 6) is 0.783. The van der Waals surface area contributed by atoms with Crippen molar-refractivity contribution < 1.29 is 9.90 Å². The fourth-order valence-corrected chi connectivity index (χ4v) is 3.94. The number of hydrogen-bond donors (Lipinski definition) is 1. The van der Waals surface area contributed by atoms with Gasteiger partial charge in [-0.15, -0.1) is 10.2 Å². The van der Waals surface area contributed by atoms with Crippen LogP contribution < -0.4 is 0 Å². The van der Waals surface area contributed by atoms with Crippen molar-refractivity contribution in [1.82, 2.24) is 14.8 Å². The van der Waals surface area contributed by atoms with E-state index in [9.17, 15) is 4.79 Å². The van der Waals surface area contributed by atoms with Gasteiger partial charge in [-0.1, -0.05) is 25.6 Å². The summed E-state index contributed by atoms with van der Waals surface area (Å²) in [6.07, 6.45) is 6.66. The van der Waals surface area contributed by atoms with Gasteiger partial charge in [0.2, 0.25) is 0 Å². The molecule has 0 amide bonds. The molecular weight excluding hydrogens is 306 g/mol. The lowest BCUT2D eigenvalue weighted by Gasteiger charge is -2.31. The molecule has 0 aromatic carbocycles. The fraction of sp³-hybridized carbons (Fsp3) is 0.786. The molecule has 0 spiro atoms. The van der Waals surface area contributed by atoms with E-state index >= 15 is 0 Å². The second-order valence-electron chi connectivity index (χ2n) is 5.48. The highest BCUT2D eigenvalue weighted by Crippen LogP contribution is 2.42. The normalized spacial score (nSPS) is 15.4. The summed E-state index contributed by atoms with van der Waals surface area (Å²) < 4.78 is 2.35. The molecule has 1 aliphatic carbocycles. The van der Waals surface area contributed by atoms with E-state index in [1.165, 1.54) is 24.6 Å². The Kier molecular flexibility index (Phi) is 5.60. The second kappa shape index (κ2) is 7.05. The van der Waals surface area contributed by atoms with Crippen LogP contribution in [0.2, 0.25) is 0 Å². The first-order chi connectivity index (χ1) is 10.0. The average Bonchev–Trinajstić information content (AvgIpc) is 3.25. The van der Waals surface area contributed by atoms with Gasteiger partial charge in [0.15, 0.2) is 5.16 Å². The summed E-state index contributed by atoms with van der Waals surface area (Å²) in [6.45, 7) is 5.29. The zero-order valence-electron chi connectivity index (χ0n) is 12.8. The molecule has 21 heavy (non-hydrogen) atoms. The standard InChI is InChI=1S/C14H23N3O2S2/c1-4-14(5-2,20-3)9-17-12(10-6-7-10)15-16-13(17)21-8-11(18)19/h10H,4-9H2,1-3H3,(H,18,19). The Morgan fingerprint density at radius 1 is 1.38 bits per heavy atom. The van der Waals surface area contributed by atoms with Crippen LogP contribution in [0, 0.1) is 0 Å². The molecule has 1 aromatic heterocycles. The molecule has 1 aromatic rings. The maximum Gasteiger partial charge on any atom is 0.313 e. The van der Waals surface area contributed by atoms with Gasteiger partial charge in [0, 0.05) is 17.2 Å². The molecule has 1 fully saturated rings. The lowest BCUT2D eigenvalue weighted by molar-refractivity contribution is -0.133. The highest BCUT2D eigenvalue weighted by atomic mass is 32.2. The Balaban J connectivity index is 2.25. The maximum atomic E-state index is 10.8. The number of carboxylic acids is 1. The molecule has 0 radical (unpaired) electrons. The van der Waals surface area contributed by atoms with Gasteiger partial charge in [0.05, 0.1) is 5.75 Å². The first kappa shape index (κ1) is 16.7. The quantitative estimate of drug-likeness (QED) is 0.701. The minimum atomic E-state index is -0.815. The lowest BCUT2D eigenvalue weighted by atomic mass is 10.0. The molecular formula is C14H23N3O2S2. The van der Waals surface area contributed by atoms with E-state index < -0.39 is 5.97 Å². The number of aliphatic carboxylic acids is 1. The van der Waals surface area contributed by atoms with Gasteiger partial charge in [0.25, 0.3) is 0 Å². The fourth-order valence-electron chi connectivity index (χ4n) is 2.44. The van der Waals surface area contributed by atoms with Crippen molar-refractivity contribution in [1.29, 1.82) is 0 Å². The van der Waals surface area contributed by atoms with Crippen molar-refractivity contribution in [3.8, 4) is 0 Å². The molecule has 1 heterocycles. The topological polar surface area (TPSA) is 68.0 Å². The Hall–Kier alpha value is -0.690. The van der Waals surface area contributed by atoms with Crippen molar-refractivity contribution in [2.24, 2.45) is 0 Å². The predicted octanol–water partition coefficient (Wildman–Crippen LogP) is 3.25. The van der Waals surface area contributed by atoms with Crippen LogP contribution in [0.25, 0.3) is 0 Å². The van der Waals surface area contributed by atoms with Crippen molar-refractivity contribution in [3.05, 3.63) is 5.82 Å². The molecule has 0 aliphatic heterocycles. The largest absolute Gasteiger partial charge is 0.481 e. The van der Waals surface area contributed by atoms with E-state index in [1.54, 1.807) is 0 Å². The molecule has 5 nitrogen and oxygen atoms in total. The summed E-state index contributed by atoms with van der Waals surface area (Å²) in [4.78, 5) is 10.8. The van der Waals surface area contributed by atoms with Crippen LogP contribution in [-0.4, -0.2) is 42.6 Å². The van der Waals surface area contributed by atoms with Gasteiger partial charge in [-0.25, -0.2) is 0 Å². The van der Waals surface area contributed by atoms with Gasteiger partial charge < -0.3 is 9.67 Å². The van der Waals surface area contributed by atoms with E-state index in [1.807, 2.05) is 11.8 Å². The minimum Gasteiger partial charge on any atom is -0.481 e. The van der Waals surface area contributed by atoms with E-state index in [2.05, 4.69) is 34.9 Å².